The predicted octanol–water partition coefficient (Wildman–Crippen LogP) is 2.93. The molecule has 0 fully saturated rings. The lowest BCUT2D eigenvalue weighted by atomic mass is 10.3. The molecule has 0 aliphatic rings. The Hall–Kier alpha value is -3.79. The zero-order valence-electron chi connectivity index (χ0n) is 15.0. The molecule has 1 heterocycles. The smallest absolute Gasteiger partial charge is 0.361 e. The van der Waals surface area contributed by atoms with E-state index in [0.29, 0.717) is 11.4 Å². The molecule has 1 amide bonds. The van der Waals surface area contributed by atoms with Crippen molar-refractivity contribution >= 4 is 34.9 Å². The van der Waals surface area contributed by atoms with Gasteiger partial charge in [0.05, 0.1) is 27.0 Å². The number of aromatic nitrogens is 3. The summed E-state index contributed by atoms with van der Waals surface area (Å²) in [5.41, 5.74) is 0.939. The fraction of sp³-hybridized carbons (Fsp3) is 0.111. The molecule has 11 heteroatoms. The van der Waals surface area contributed by atoms with Crippen LogP contribution in [-0.2, 0) is 9.53 Å². The van der Waals surface area contributed by atoms with Crippen molar-refractivity contribution in [3.63, 3.8) is 0 Å². The number of aryl methyl sites for hydroxylation is 1. The van der Waals surface area contributed by atoms with E-state index in [1.807, 2.05) is 6.07 Å². The Kier molecular flexibility index (Phi) is 5.84. The molecule has 0 unspecified atom stereocenters. The zero-order chi connectivity index (χ0) is 21.0. The number of nitro benzene ring substituents is 1. The van der Waals surface area contributed by atoms with E-state index in [4.69, 9.17) is 16.3 Å². The van der Waals surface area contributed by atoms with Crippen molar-refractivity contribution < 1.29 is 19.2 Å². The van der Waals surface area contributed by atoms with Crippen molar-refractivity contribution in [2.45, 2.75) is 6.92 Å². The summed E-state index contributed by atoms with van der Waals surface area (Å²) >= 11 is 5.91. The van der Waals surface area contributed by atoms with E-state index in [1.54, 1.807) is 31.2 Å². The fourth-order valence-electron chi connectivity index (χ4n) is 2.35. The highest BCUT2D eigenvalue weighted by molar-refractivity contribution is 6.34. The minimum atomic E-state index is -0.811. The number of carbonyl (C=O) groups is 2. The number of non-ortho nitro benzene ring substituents is 1. The van der Waals surface area contributed by atoms with Gasteiger partial charge in [0, 0.05) is 12.1 Å². The third-order valence-electron chi connectivity index (χ3n) is 3.73. The molecule has 1 aromatic heterocycles. The minimum absolute atomic E-state index is 0.0134. The monoisotopic (exact) mass is 415 g/mol. The van der Waals surface area contributed by atoms with Crippen LogP contribution in [0.1, 0.15) is 16.2 Å². The molecular weight excluding hydrogens is 402 g/mol. The van der Waals surface area contributed by atoms with Crippen LogP contribution in [0, 0.1) is 17.0 Å². The van der Waals surface area contributed by atoms with E-state index in [-0.39, 0.29) is 22.1 Å². The van der Waals surface area contributed by atoms with Crippen LogP contribution in [0.4, 0.5) is 11.4 Å². The van der Waals surface area contributed by atoms with E-state index in [2.05, 4.69) is 15.5 Å². The number of nitrogens with one attached hydrogen (secondary N) is 1. The maximum Gasteiger partial charge on any atom is 0.361 e. The number of hydrogen-bond acceptors (Lipinski definition) is 7. The highest BCUT2D eigenvalue weighted by atomic mass is 35.5. The van der Waals surface area contributed by atoms with Crippen LogP contribution < -0.4 is 5.32 Å². The molecule has 0 saturated heterocycles. The number of anilines is 1. The predicted molar refractivity (Wildman–Crippen MR) is 103 cm³/mol. The number of amides is 1. The number of ether oxygens (including phenoxy) is 1. The molecule has 3 rings (SSSR count). The first-order chi connectivity index (χ1) is 13.8. The standard InChI is InChI=1S/C18H14ClN5O5/c1-11-17(22-23(21-11)12-5-3-2-4-6-12)18(26)29-10-16(25)20-15-8-7-13(24(27)28)9-14(15)19/h2-9H,10H2,1H3,(H,20,25). The van der Waals surface area contributed by atoms with Crippen LogP contribution in [-0.4, -0.2) is 38.4 Å². The van der Waals surface area contributed by atoms with Gasteiger partial charge in [-0.15, -0.1) is 5.10 Å². The van der Waals surface area contributed by atoms with Gasteiger partial charge in [-0.25, -0.2) is 4.79 Å². The number of halogens is 1. The van der Waals surface area contributed by atoms with Gasteiger partial charge < -0.3 is 10.1 Å². The molecule has 0 radical (unpaired) electrons. The molecule has 29 heavy (non-hydrogen) atoms. The molecule has 3 aromatic rings. The van der Waals surface area contributed by atoms with E-state index in [9.17, 15) is 19.7 Å². The summed E-state index contributed by atoms with van der Waals surface area (Å²) < 4.78 is 4.98. The molecule has 0 saturated carbocycles. The van der Waals surface area contributed by atoms with Crippen LogP contribution in [0.3, 0.4) is 0 Å². The van der Waals surface area contributed by atoms with Gasteiger partial charge in [-0.3, -0.25) is 14.9 Å². The molecule has 0 aliphatic heterocycles. The second kappa shape index (κ2) is 8.48. The van der Waals surface area contributed by atoms with Crippen molar-refractivity contribution in [3.8, 4) is 5.69 Å². The Labute approximate surface area is 169 Å². The van der Waals surface area contributed by atoms with Crippen molar-refractivity contribution in [2.75, 3.05) is 11.9 Å². The summed E-state index contributed by atoms with van der Waals surface area (Å²) in [6, 6.07) is 12.6. The average molecular weight is 416 g/mol. The molecule has 0 atom stereocenters. The van der Waals surface area contributed by atoms with Gasteiger partial charge >= 0.3 is 5.97 Å². The molecule has 0 bridgehead atoms. The molecule has 148 valence electrons. The highest BCUT2D eigenvalue weighted by Crippen LogP contribution is 2.26. The number of nitrogens with zero attached hydrogens (tertiary/aromatic N) is 4. The fourth-order valence-corrected chi connectivity index (χ4v) is 2.57. The van der Waals surface area contributed by atoms with Crippen molar-refractivity contribution in [2.24, 2.45) is 0 Å². The number of esters is 1. The van der Waals surface area contributed by atoms with Crippen molar-refractivity contribution in [3.05, 3.63) is 75.1 Å². The Morgan fingerprint density at radius 2 is 1.93 bits per heavy atom. The maximum absolute atomic E-state index is 12.2. The van der Waals surface area contributed by atoms with E-state index in [1.165, 1.54) is 16.9 Å². The first-order valence-electron chi connectivity index (χ1n) is 8.25. The summed E-state index contributed by atoms with van der Waals surface area (Å²) in [7, 11) is 0. The Morgan fingerprint density at radius 3 is 2.59 bits per heavy atom. The number of benzene rings is 2. The average Bonchev–Trinajstić information content (AvgIpc) is 3.10. The SMILES string of the molecule is Cc1nn(-c2ccccc2)nc1C(=O)OCC(=O)Nc1ccc([N+](=O)[O-])cc1Cl. The quantitative estimate of drug-likeness (QED) is 0.372. The van der Waals surface area contributed by atoms with E-state index in [0.717, 1.165) is 6.07 Å². The van der Waals surface area contributed by atoms with Crippen molar-refractivity contribution in [1.29, 1.82) is 0 Å². The molecule has 1 N–H and O–H groups in total. The first kappa shape index (κ1) is 20.0. The number of rotatable bonds is 6. The highest BCUT2D eigenvalue weighted by Gasteiger charge is 2.19. The Bertz CT molecular complexity index is 1080. The molecule has 0 aliphatic carbocycles. The number of carbonyl (C=O) groups excluding carboxylic acids is 2. The normalized spacial score (nSPS) is 10.4. The lowest BCUT2D eigenvalue weighted by molar-refractivity contribution is -0.384. The van der Waals surface area contributed by atoms with Gasteiger partial charge in [0.15, 0.2) is 12.3 Å². The van der Waals surface area contributed by atoms with E-state index < -0.39 is 23.4 Å². The molecule has 0 spiro atoms. The third-order valence-corrected chi connectivity index (χ3v) is 4.05. The van der Waals surface area contributed by atoms with Crippen LogP contribution in [0.2, 0.25) is 5.02 Å². The summed E-state index contributed by atoms with van der Waals surface area (Å²) in [5, 5.41) is 21.4. The molecular formula is C18H14ClN5O5. The summed E-state index contributed by atoms with van der Waals surface area (Å²) in [6.45, 7) is 1.00. The summed E-state index contributed by atoms with van der Waals surface area (Å²) in [4.78, 5) is 35.6. The second-order valence-corrected chi connectivity index (χ2v) is 6.21. The van der Waals surface area contributed by atoms with Gasteiger partial charge in [0.2, 0.25) is 0 Å². The van der Waals surface area contributed by atoms with Gasteiger partial charge in [-0.1, -0.05) is 29.8 Å². The Morgan fingerprint density at radius 1 is 1.21 bits per heavy atom. The molecule has 10 nitrogen and oxygen atoms in total. The number of para-hydroxylation sites is 1. The van der Waals surface area contributed by atoms with Crippen LogP contribution in [0.5, 0.6) is 0 Å². The topological polar surface area (TPSA) is 129 Å². The summed E-state index contributed by atoms with van der Waals surface area (Å²) in [5.74, 6) is -1.48. The maximum atomic E-state index is 12.2. The lowest BCUT2D eigenvalue weighted by Crippen LogP contribution is -2.21. The van der Waals surface area contributed by atoms with Gasteiger partial charge in [0.1, 0.15) is 0 Å². The zero-order valence-corrected chi connectivity index (χ0v) is 15.8. The van der Waals surface area contributed by atoms with E-state index >= 15 is 0 Å². The van der Waals surface area contributed by atoms with Crippen LogP contribution in [0.15, 0.2) is 48.5 Å². The van der Waals surface area contributed by atoms with Gasteiger partial charge in [-0.2, -0.15) is 9.90 Å². The minimum Gasteiger partial charge on any atom is -0.451 e. The summed E-state index contributed by atoms with van der Waals surface area (Å²) in [6.07, 6.45) is 0. The molecule has 2 aromatic carbocycles. The second-order valence-electron chi connectivity index (χ2n) is 5.80. The Balaban J connectivity index is 1.62. The number of nitro groups is 1. The van der Waals surface area contributed by atoms with Gasteiger partial charge in [-0.05, 0) is 25.1 Å². The van der Waals surface area contributed by atoms with Crippen molar-refractivity contribution in [1.82, 2.24) is 15.0 Å². The largest absolute Gasteiger partial charge is 0.451 e. The van der Waals surface area contributed by atoms with Crippen LogP contribution >= 0.6 is 11.6 Å². The first-order valence-corrected chi connectivity index (χ1v) is 8.63. The van der Waals surface area contributed by atoms with Gasteiger partial charge in [0.25, 0.3) is 11.6 Å². The van der Waals surface area contributed by atoms with Crippen LogP contribution in [0.25, 0.3) is 5.69 Å². The number of hydrogen-bond donors (Lipinski definition) is 1. The lowest BCUT2D eigenvalue weighted by Gasteiger charge is -2.07. The third kappa shape index (κ3) is 4.74.